The summed E-state index contributed by atoms with van der Waals surface area (Å²) in [5, 5.41) is 6.43. The molecule has 1 aliphatic carbocycles. The van der Waals surface area contributed by atoms with Crippen LogP contribution in [-0.2, 0) is 19.9 Å². The van der Waals surface area contributed by atoms with Gasteiger partial charge in [-0.15, -0.1) is 17.9 Å². The summed E-state index contributed by atoms with van der Waals surface area (Å²) < 4.78 is 7.17. The zero-order valence-electron chi connectivity index (χ0n) is 15.1. The summed E-state index contributed by atoms with van der Waals surface area (Å²) in [4.78, 5) is 26.8. The molecule has 0 aliphatic heterocycles. The molecule has 3 aromatic heterocycles. The van der Waals surface area contributed by atoms with Crippen LogP contribution in [0.2, 0.25) is 0 Å². The number of hydrogen-bond donors (Lipinski definition) is 2. The highest BCUT2D eigenvalue weighted by molar-refractivity contribution is 7.17. The number of thiophene rings is 1. The van der Waals surface area contributed by atoms with E-state index in [-0.39, 0.29) is 11.8 Å². The maximum absolute atomic E-state index is 12.9. The Morgan fingerprint density at radius 3 is 2.93 bits per heavy atom. The fraction of sp³-hybridized carbons (Fsp3) is 0.300. The molecule has 0 fully saturated rings. The second kappa shape index (κ2) is 7.08. The molecule has 0 unspecified atom stereocenters. The van der Waals surface area contributed by atoms with E-state index in [0.717, 1.165) is 36.8 Å². The topological polar surface area (TPSA) is 76.3 Å². The number of anilines is 1. The average molecular weight is 383 g/mol. The number of carbonyl (C=O) groups is 2. The van der Waals surface area contributed by atoms with Crippen LogP contribution in [0.1, 0.15) is 44.1 Å². The van der Waals surface area contributed by atoms with Gasteiger partial charge in [-0.1, -0.05) is 6.08 Å². The Hall–Kier alpha value is -2.80. The first kappa shape index (κ1) is 17.6. The second-order valence-electron chi connectivity index (χ2n) is 6.63. The van der Waals surface area contributed by atoms with Crippen LogP contribution in [0.15, 0.2) is 35.5 Å². The van der Waals surface area contributed by atoms with E-state index >= 15 is 0 Å². The molecule has 0 spiro atoms. The van der Waals surface area contributed by atoms with E-state index in [1.54, 1.807) is 23.0 Å². The Bertz CT molecular complexity index is 1040. The molecule has 0 radical (unpaired) electrons. The average Bonchev–Trinajstić information content (AvgIpc) is 3.34. The van der Waals surface area contributed by atoms with E-state index in [2.05, 4.69) is 17.2 Å². The number of rotatable bonds is 5. The van der Waals surface area contributed by atoms with Crippen molar-refractivity contribution in [3.63, 3.8) is 0 Å². The van der Waals surface area contributed by atoms with Crippen molar-refractivity contribution in [1.82, 2.24) is 9.88 Å². The van der Waals surface area contributed by atoms with Crippen LogP contribution < -0.4 is 10.6 Å². The highest BCUT2D eigenvalue weighted by atomic mass is 32.1. The molecule has 2 amide bonds. The Labute approximate surface area is 160 Å². The fourth-order valence-electron chi connectivity index (χ4n) is 3.58. The first-order chi connectivity index (χ1) is 13.1. The van der Waals surface area contributed by atoms with E-state index in [4.69, 9.17) is 4.42 Å². The molecule has 140 valence electrons. The number of carbonyl (C=O) groups excluding carboxylic acids is 2. The quantitative estimate of drug-likeness (QED) is 0.657. The van der Waals surface area contributed by atoms with Crippen molar-refractivity contribution in [2.45, 2.75) is 25.7 Å². The third kappa shape index (κ3) is 3.08. The molecule has 4 rings (SSSR count). The Balaban J connectivity index is 1.68. The SMILES string of the molecule is C=CCNC(=O)c1c(NC(=O)c2cc3occc3n2C)sc2c1CCCC2. The van der Waals surface area contributed by atoms with Crippen LogP contribution in [-0.4, -0.2) is 22.9 Å². The van der Waals surface area contributed by atoms with Gasteiger partial charge in [0.1, 0.15) is 10.7 Å². The van der Waals surface area contributed by atoms with Crippen LogP contribution in [0.5, 0.6) is 0 Å². The first-order valence-electron chi connectivity index (χ1n) is 8.98. The number of aromatic nitrogens is 1. The van der Waals surface area contributed by atoms with Crippen LogP contribution in [0.25, 0.3) is 11.1 Å². The van der Waals surface area contributed by atoms with Crippen molar-refractivity contribution in [3.8, 4) is 0 Å². The van der Waals surface area contributed by atoms with Gasteiger partial charge in [0.15, 0.2) is 5.58 Å². The third-order valence-electron chi connectivity index (χ3n) is 4.93. The van der Waals surface area contributed by atoms with Gasteiger partial charge >= 0.3 is 0 Å². The Kier molecular flexibility index (Phi) is 4.61. The van der Waals surface area contributed by atoms with Gasteiger partial charge in [-0.05, 0) is 31.2 Å². The molecule has 27 heavy (non-hydrogen) atoms. The predicted molar refractivity (Wildman–Crippen MR) is 107 cm³/mol. The van der Waals surface area contributed by atoms with E-state index in [1.165, 1.54) is 16.2 Å². The highest BCUT2D eigenvalue weighted by Gasteiger charge is 2.27. The summed E-state index contributed by atoms with van der Waals surface area (Å²) in [5.74, 6) is -0.412. The lowest BCUT2D eigenvalue weighted by atomic mass is 9.95. The zero-order valence-corrected chi connectivity index (χ0v) is 15.9. The van der Waals surface area contributed by atoms with Crippen molar-refractivity contribution >= 4 is 39.3 Å². The molecule has 1 aliphatic rings. The van der Waals surface area contributed by atoms with E-state index < -0.39 is 0 Å². The Morgan fingerprint density at radius 1 is 1.33 bits per heavy atom. The number of fused-ring (bicyclic) bond motifs is 2. The molecule has 6 nitrogen and oxygen atoms in total. The fourth-order valence-corrected chi connectivity index (χ4v) is 4.86. The Morgan fingerprint density at radius 2 is 2.15 bits per heavy atom. The number of hydrogen-bond acceptors (Lipinski definition) is 4. The number of aryl methyl sites for hydroxylation is 2. The van der Waals surface area contributed by atoms with Crippen LogP contribution >= 0.6 is 11.3 Å². The molecule has 0 bridgehead atoms. The molecule has 2 N–H and O–H groups in total. The minimum Gasteiger partial charge on any atom is -0.463 e. The van der Waals surface area contributed by atoms with Crippen molar-refractivity contribution in [2.75, 3.05) is 11.9 Å². The van der Waals surface area contributed by atoms with Gasteiger partial charge in [0.05, 0.1) is 17.3 Å². The van der Waals surface area contributed by atoms with Gasteiger partial charge in [0.25, 0.3) is 11.8 Å². The molecule has 0 aromatic carbocycles. The number of furan rings is 1. The molecule has 7 heteroatoms. The lowest BCUT2D eigenvalue weighted by Crippen LogP contribution is -2.26. The van der Waals surface area contributed by atoms with Gasteiger partial charge in [0, 0.05) is 30.6 Å². The number of nitrogens with zero attached hydrogens (tertiary/aromatic N) is 1. The van der Waals surface area contributed by atoms with E-state index in [1.807, 2.05) is 13.1 Å². The molecule has 0 saturated carbocycles. The van der Waals surface area contributed by atoms with Crippen molar-refractivity contribution < 1.29 is 14.0 Å². The first-order valence-corrected chi connectivity index (χ1v) is 9.79. The highest BCUT2D eigenvalue weighted by Crippen LogP contribution is 2.38. The van der Waals surface area contributed by atoms with Crippen LogP contribution in [0.4, 0.5) is 5.00 Å². The summed E-state index contributed by atoms with van der Waals surface area (Å²) in [5.41, 5.74) is 3.69. The molecule has 0 saturated heterocycles. The maximum Gasteiger partial charge on any atom is 0.273 e. The number of amides is 2. The van der Waals surface area contributed by atoms with Gasteiger partial charge in [0.2, 0.25) is 0 Å². The monoisotopic (exact) mass is 383 g/mol. The van der Waals surface area contributed by atoms with Crippen molar-refractivity contribution in [3.05, 3.63) is 52.7 Å². The van der Waals surface area contributed by atoms with Gasteiger partial charge in [-0.3, -0.25) is 9.59 Å². The molecular weight excluding hydrogens is 362 g/mol. The summed E-state index contributed by atoms with van der Waals surface area (Å²) in [7, 11) is 1.82. The second-order valence-corrected chi connectivity index (χ2v) is 7.73. The van der Waals surface area contributed by atoms with Crippen LogP contribution in [0, 0.1) is 0 Å². The summed E-state index contributed by atoms with van der Waals surface area (Å²) in [6.07, 6.45) is 7.25. The summed E-state index contributed by atoms with van der Waals surface area (Å²) in [6.45, 7) is 4.04. The summed E-state index contributed by atoms with van der Waals surface area (Å²) in [6, 6.07) is 3.54. The standard InChI is InChI=1S/C20H21N3O3S/c1-3-9-21-19(25)17-12-6-4-5-7-16(12)27-20(17)22-18(24)14-11-15-13(23(14)2)8-10-26-15/h3,8,10-11H,1,4-7,9H2,2H3,(H,21,25)(H,22,24). The zero-order chi connectivity index (χ0) is 19.0. The van der Waals surface area contributed by atoms with E-state index in [0.29, 0.717) is 28.4 Å². The number of nitrogens with one attached hydrogen (secondary N) is 2. The minimum absolute atomic E-state index is 0.162. The van der Waals surface area contributed by atoms with Gasteiger partial charge in [-0.25, -0.2) is 0 Å². The van der Waals surface area contributed by atoms with Crippen LogP contribution in [0.3, 0.4) is 0 Å². The molecule has 3 heterocycles. The molecule has 3 aromatic rings. The lowest BCUT2D eigenvalue weighted by Gasteiger charge is -2.13. The van der Waals surface area contributed by atoms with Gasteiger partial charge < -0.3 is 19.6 Å². The maximum atomic E-state index is 12.9. The smallest absolute Gasteiger partial charge is 0.273 e. The van der Waals surface area contributed by atoms with Crippen molar-refractivity contribution in [1.29, 1.82) is 0 Å². The lowest BCUT2D eigenvalue weighted by molar-refractivity contribution is 0.0958. The molecular formula is C20H21N3O3S. The van der Waals surface area contributed by atoms with Gasteiger partial charge in [-0.2, -0.15) is 0 Å². The third-order valence-corrected chi connectivity index (χ3v) is 6.14. The molecule has 0 atom stereocenters. The normalized spacial score (nSPS) is 13.4. The largest absolute Gasteiger partial charge is 0.463 e. The summed E-state index contributed by atoms with van der Waals surface area (Å²) >= 11 is 1.51. The van der Waals surface area contributed by atoms with E-state index in [9.17, 15) is 9.59 Å². The van der Waals surface area contributed by atoms with Crippen molar-refractivity contribution in [2.24, 2.45) is 7.05 Å². The predicted octanol–water partition coefficient (Wildman–Crippen LogP) is 3.88. The minimum atomic E-state index is -0.250.